The molecule has 0 unspecified atom stereocenters. The molecule has 4 rings (SSSR count). The van der Waals surface area contributed by atoms with Gasteiger partial charge in [-0.3, -0.25) is 0 Å². The van der Waals surface area contributed by atoms with E-state index in [0.717, 1.165) is 13.0 Å². The van der Waals surface area contributed by atoms with Crippen LogP contribution in [-0.2, 0) is 0 Å². The van der Waals surface area contributed by atoms with Crippen molar-refractivity contribution in [1.29, 1.82) is 0 Å². The van der Waals surface area contributed by atoms with Crippen molar-refractivity contribution in [3.63, 3.8) is 0 Å². The third-order valence-corrected chi connectivity index (χ3v) is 5.48. The largest absolute Gasteiger partial charge is 0.307 e. The maximum Gasteiger partial charge on any atom is 0.0437 e. The molecule has 0 saturated heterocycles. The summed E-state index contributed by atoms with van der Waals surface area (Å²) >= 11 is 0. The van der Waals surface area contributed by atoms with Crippen molar-refractivity contribution in [2.45, 2.75) is 44.1 Å². The van der Waals surface area contributed by atoms with Gasteiger partial charge in [0.2, 0.25) is 0 Å². The van der Waals surface area contributed by atoms with E-state index < -0.39 is 0 Å². The van der Waals surface area contributed by atoms with Gasteiger partial charge in [-0.15, -0.1) is 0 Å². The van der Waals surface area contributed by atoms with Crippen LogP contribution in [0.3, 0.4) is 0 Å². The third kappa shape index (κ3) is 2.86. The fourth-order valence-electron chi connectivity index (χ4n) is 4.29. The van der Waals surface area contributed by atoms with Crippen molar-refractivity contribution in [3.05, 3.63) is 66.2 Å². The minimum absolute atomic E-state index is 0.241. The van der Waals surface area contributed by atoms with Crippen LogP contribution in [0, 0.1) is 0 Å². The second-order valence-corrected chi connectivity index (χ2v) is 6.92. The van der Waals surface area contributed by atoms with E-state index in [0.29, 0.717) is 0 Å². The minimum atomic E-state index is 0.241. The molecule has 0 bridgehead atoms. The van der Waals surface area contributed by atoms with Crippen molar-refractivity contribution in [3.8, 4) is 11.1 Å². The van der Waals surface area contributed by atoms with E-state index in [-0.39, 0.29) is 5.54 Å². The monoisotopic (exact) mass is 303 g/mol. The number of benzene rings is 2. The minimum Gasteiger partial charge on any atom is -0.307 e. The Morgan fingerprint density at radius 3 is 2.09 bits per heavy atom. The highest BCUT2D eigenvalue weighted by molar-refractivity contribution is 5.76. The first-order valence-electron chi connectivity index (χ1n) is 8.99. The molecule has 2 aromatic rings. The molecule has 0 atom stereocenters. The summed E-state index contributed by atoms with van der Waals surface area (Å²) in [5.74, 6) is 0. The zero-order valence-electron chi connectivity index (χ0n) is 13.7. The normalized spacial score (nSPS) is 20.3. The standard InChI is InChI=1S/C22H25N/c1-3-8-18(9-4-1)19-11-13-20(14-12-19)21-10-7-17-23-22(21)15-5-2-6-16-22/h1,3-4,8-14,23H,2,5-7,15-17H2. The van der Waals surface area contributed by atoms with Crippen LogP contribution in [-0.4, -0.2) is 12.1 Å². The van der Waals surface area contributed by atoms with E-state index >= 15 is 0 Å². The van der Waals surface area contributed by atoms with Gasteiger partial charge >= 0.3 is 0 Å². The van der Waals surface area contributed by atoms with Gasteiger partial charge in [-0.05, 0) is 48.1 Å². The van der Waals surface area contributed by atoms with Gasteiger partial charge in [0.05, 0.1) is 0 Å². The number of rotatable bonds is 2. The zero-order valence-corrected chi connectivity index (χ0v) is 13.7. The van der Waals surface area contributed by atoms with Crippen LogP contribution in [0.2, 0.25) is 0 Å². The molecule has 118 valence electrons. The number of nitrogens with one attached hydrogen (secondary N) is 1. The quantitative estimate of drug-likeness (QED) is 0.779. The highest BCUT2D eigenvalue weighted by atomic mass is 15.0. The molecule has 0 amide bonds. The summed E-state index contributed by atoms with van der Waals surface area (Å²) in [4.78, 5) is 0. The summed E-state index contributed by atoms with van der Waals surface area (Å²) in [7, 11) is 0. The first kappa shape index (κ1) is 14.7. The van der Waals surface area contributed by atoms with Crippen LogP contribution in [0.4, 0.5) is 0 Å². The van der Waals surface area contributed by atoms with Gasteiger partial charge in [-0.25, -0.2) is 0 Å². The Morgan fingerprint density at radius 1 is 0.696 bits per heavy atom. The predicted octanol–water partition coefficient (Wildman–Crippen LogP) is 5.43. The maximum absolute atomic E-state index is 3.86. The lowest BCUT2D eigenvalue weighted by Gasteiger charge is -2.43. The summed E-state index contributed by atoms with van der Waals surface area (Å²) in [6.07, 6.45) is 10.3. The van der Waals surface area contributed by atoms with E-state index in [1.54, 1.807) is 5.57 Å². The van der Waals surface area contributed by atoms with Crippen molar-refractivity contribution >= 4 is 5.57 Å². The summed E-state index contributed by atoms with van der Waals surface area (Å²) < 4.78 is 0. The van der Waals surface area contributed by atoms with Gasteiger partial charge in [0.25, 0.3) is 0 Å². The first-order chi connectivity index (χ1) is 11.4. The Kier molecular flexibility index (Phi) is 4.05. The van der Waals surface area contributed by atoms with Crippen LogP contribution in [0.15, 0.2) is 60.7 Å². The van der Waals surface area contributed by atoms with Crippen LogP contribution in [0.25, 0.3) is 16.7 Å². The Labute approximate surface area is 139 Å². The second-order valence-electron chi connectivity index (χ2n) is 6.92. The van der Waals surface area contributed by atoms with Gasteiger partial charge in [-0.1, -0.05) is 79.9 Å². The second kappa shape index (κ2) is 6.33. The lowest BCUT2D eigenvalue weighted by Crippen LogP contribution is -2.49. The molecule has 1 N–H and O–H groups in total. The molecule has 2 aliphatic rings. The van der Waals surface area contributed by atoms with Crippen molar-refractivity contribution in [1.82, 2.24) is 5.32 Å². The average Bonchev–Trinajstić information content (AvgIpc) is 2.64. The third-order valence-electron chi connectivity index (χ3n) is 5.48. The summed E-state index contributed by atoms with van der Waals surface area (Å²) in [6, 6.07) is 19.8. The lowest BCUT2D eigenvalue weighted by molar-refractivity contribution is 0.295. The van der Waals surface area contributed by atoms with Crippen LogP contribution < -0.4 is 5.32 Å². The molecule has 1 heteroatoms. The summed E-state index contributed by atoms with van der Waals surface area (Å²) in [5, 5.41) is 3.86. The van der Waals surface area contributed by atoms with Gasteiger partial charge in [-0.2, -0.15) is 0 Å². The average molecular weight is 303 g/mol. The van der Waals surface area contributed by atoms with Gasteiger partial charge in [0, 0.05) is 5.54 Å². The molecule has 1 aliphatic heterocycles. The highest BCUT2D eigenvalue weighted by Gasteiger charge is 2.37. The molecule has 1 fully saturated rings. The molecule has 1 saturated carbocycles. The van der Waals surface area contributed by atoms with Crippen LogP contribution in [0.1, 0.15) is 44.1 Å². The molecular weight excluding hydrogens is 278 g/mol. The predicted molar refractivity (Wildman–Crippen MR) is 98.3 cm³/mol. The maximum atomic E-state index is 3.86. The van der Waals surface area contributed by atoms with Gasteiger partial charge in [0.15, 0.2) is 0 Å². The smallest absolute Gasteiger partial charge is 0.0437 e. The van der Waals surface area contributed by atoms with E-state index in [2.05, 4.69) is 66.0 Å². The molecule has 1 spiro atoms. The topological polar surface area (TPSA) is 12.0 Å². The lowest BCUT2D eigenvalue weighted by atomic mass is 9.72. The Hall–Kier alpha value is -1.86. The Bertz CT molecular complexity index is 676. The van der Waals surface area contributed by atoms with E-state index in [1.807, 2.05) is 0 Å². The fourth-order valence-corrected chi connectivity index (χ4v) is 4.29. The number of hydrogen-bond donors (Lipinski definition) is 1. The number of hydrogen-bond acceptors (Lipinski definition) is 1. The van der Waals surface area contributed by atoms with Crippen LogP contribution in [0.5, 0.6) is 0 Å². The van der Waals surface area contributed by atoms with Crippen LogP contribution >= 0.6 is 0 Å². The van der Waals surface area contributed by atoms with Crippen molar-refractivity contribution < 1.29 is 0 Å². The molecule has 1 nitrogen and oxygen atoms in total. The molecule has 1 aliphatic carbocycles. The molecule has 2 aromatic carbocycles. The Balaban J connectivity index is 1.65. The fraction of sp³-hybridized carbons (Fsp3) is 0.364. The van der Waals surface area contributed by atoms with Crippen molar-refractivity contribution in [2.75, 3.05) is 6.54 Å². The molecular formula is C22H25N. The molecule has 23 heavy (non-hydrogen) atoms. The SMILES string of the molecule is C1=C(c2ccc(-c3ccccc3)cc2)C2(CCCCC2)NCC1. The van der Waals surface area contributed by atoms with E-state index in [4.69, 9.17) is 0 Å². The molecule has 0 radical (unpaired) electrons. The summed E-state index contributed by atoms with van der Waals surface area (Å²) in [5.41, 5.74) is 5.78. The van der Waals surface area contributed by atoms with Gasteiger partial charge in [0.1, 0.15) is 0 Å². The highest BCUT2D eigenvalue weighted by Crippen LogP contribution is 2.41. The van der Waals surface area contributed by atoms with E-state index in [1.165, 1.54) is 48.8 Å². The van der Waals surface area contributed by atoms with Gasteiger partial charge < -0.3 is 5.32 Å². The van der Waals surface area contributed by atoms with E-state index in [9.17, 15) is 0 Å². The van der Waals surface area contributed by atoms with Crippen molar-refractivity contribution in [2.24, 2.45) is 0 Å². The summed E-state index contributed by atoms with van der Waals surface area (Å²) in [6.45, 7) is 1.13. The Morgan fingerprint density at radius 2 is 1.35 bits per heavy atom. The zero-order chi connectivity index (χ0) is 15.5. The molecule has 1 heterocycles. The first-order valence-corrected chi connectivity index (χ1v) is 8.99. The molecule has 0 aromatic heterocycles.